The van der Waals surface area contributed by atoms with Crippen molar-refractivity contribution in [1.29, 1.82) is 0 Å². The van der Waals surface area contributed by atoms with Crippen molar-refractivity contribution < 1.29 is 18.4 Å². The van der Waals surface area contributed by atoms with E-state index in [0.29, 0.717) is 18.9 Å². The van der Waals surface area contributed by atoms with Gasteiger partial charge in [-0.3, -0.25) is 4.79 Å². The lowest BCUT2D eigenvalue weighted by Crippen LogP contribution is -2.40. The van der Waals surface area contributed by atoms with Crippen molar-refractivity contribution in [2.45, 2.75) is 25.8 Å². The van der Waals surface area contributed by atoms with Crippen LogP contribution >= 0.6 is 0 Å². The molecule has 1 fully saturated rings. The van der Waals surface area contributed by atoms with Crippen molar-refractivity contribution in [2.24, 2.45) is 11.8 Å². The second-order valence-corrected chi connectivity index (χ2v) is 8.24. The topological polar surface area (TPSA) is 76.4 Å². The molecule has 1 aromatic heterocycles. The number of aromatic nitrogens is 1. The molecule has 1 saturated heterocycles. The van der Waals surface area contributed by atoms with Crippen molar-refractivity contribution in [3.63, 3.8) is 0 Å². The van der Waals surface area contributed by atoms with Gasteiger partial charge in [-0.05, 0) is 79.7 Å². The molecule has 2 aromatic carbocycles. The van der Waals surface area contributed by atoms with Crippen LogP contribution in [-0.4, -0.2) is 31.3 Å². The number of nitrogens with zero attached hydrogens (tertiary/aromatic N) is 1. The summed E-state index contributed by atoms with van der Waals surface area (Å²) in [7, 11) is 1.64. The lowest BCUT2D eigenvalue weighted by molar-refractivity contribution is -0.122. The highest BCUT2D eigenvalue weighted by atomic mass is 19.1. The second kappa shape index (κ2) is 10.4. The summed E-state index contributed by atoms with van der Waals surface area (Å²) in [6, 6.07) is 15.8. The van der Waals surface area contributed by atoms with Gasteiger partial charge in [-0.2, -0.15) is 0 Å². The maximum absolute atomic E-state index is 13.0. The van der Waals surface area contributed by atoms with Crippen LogP contribution < -0.4 is 15.4 Å². The van der Waals surface area contributed by atoms with Gasteiger partial charge in [0.25, 0.3) is 0 Å². The molecule has 2 heterocycles. The monoisotopic (exact) mass is 437 g/mol. The molecule has 3 aromatic rings. The zero-order chi connectivity index (χ0) is 22.3. The predicted molar refractivity (Wildman–Crippen MR) is 120 cm³/mol. The summed E-state index contributed by atoms with van der Waals surface area (Å²) >= 11 is 0. The Bertz CT molecular complexity index is 1020. The molecule has 168 valence electrons. The maximum Gasteiger partial charge on any atom is 0.220 e. The number of ether oxygens (including phenoxy) is 1. The molecule has 0 radical (unpaired) electrons. The zero-order valence-electron chi connectivity index (χ0n) is 18.1. The van der Waals surface area contributed by atoms with Crippen LogP contribution in [0.2, 0.25) is 0 Å². The van der Waals surface area contributed by atoms with Gasteiger partial charge >= 0.3 is 0 Å². The predicted octanol–water partition coefficient (Wildman–Crippen LogP) is 3.96. The van der Waals surface area contributed by atoms with E-state index in [0.717, 1.165) is 54.3 Å². The highest BCUT2D eigenvalue weighted by Gasteiger charge is 2.28. The Hall–Kier alpha value is -3.19. The fourth-order valence-electron chi connectivity index (χ4n) is 4.17. The van der Waals surface area contributed by atoms with Crippen LogP contribution in [0.3, 0.4) is 0 Å². The molecule has 0 aliphatic carbocycles. The normalized spacial score (nSPS) is 18.3. The van der Waals surface area contributed by atoms with Crippen molar-refractivity contribution >= 4 is 5.91 Å². The van der Waals surface area contributed by atoms with Gasteiger partial charge in [0, 0.05) is 24.6 Å². The molecular formula is C25H28FN3O3. The Morgan fingerprint density at radius 3 is 2.72 bits per heavy atom. The summed E-state index contributed by atoms with van der Waals surface area (Å²) in [5.41, 5.74) is 2.72. The van der Waals surface area contributed by atoms with E-state index in [4.69, 9.17) is 9.26 Å². The first kappa shape index (κ1) is 22.0. The molecule has 6 nitrogen and oxygen atoms in total. The fourth-order valence-corrected chi connectivity index (χ4v) is 4.17. The lowest BCUT2D eigenvalue weighted by Gasteiger charge is -2.31. The first-order valence-electron chi connectivity index (χ1n) is 10.9. The van der Waals surface area contributed by atoms with Crippen LogP contribution in [0.1, 0.15) is 24.1 Å². The smallest absolute Gasteiger partial charge is 0.220 e. The van der Waals surface area contributed by atoms with Gasteiger partial charge in [0.15, 0.2) is 5.76 Å². The highest BCUT2D eigenvalue weighted by molar-refractivity contribution is 5.76. The number of piperidine rings is 1. The van der Waals surface area contributed by atoms with Gasteiger partial charge in [-0.15, -0.1) is 0 Å². The minimum atomic E-state index is -0.277. The molecule has 32 heavy (non-hydrogen) atoms. The van der Waals surface area contributed by atoms with Crippen molar-refractivity contribution in [3.8, 4) is 17.1 Å². The van der Waals surface area contributed by atoms with Crippen LogP contribution in [0.25, 0.3) is 11.3 Å². The number of hydrogen-bond donors (Lipinski definition) is 2. The molecule has 2 atom stereocenters. The van der Waals surface area contributed by atoms with E-state index >= 15 is 0 Å². The summed E-state index contributed by atoms with van der Waals surface area (Å²) < 4.78 is 23.8. The average molecular weight is 438 g/mol. The molecule has 1 aliphatic rings. The van der Waals surface area contributed by atoms with E-state index in [1.165, 1.54) is 12.1 Å². The van der Waals surface area contributed by atoms with Gasteiger partial charge in [0.05, 0.1) is 12.8 Å². The Morgan fingerprint density at radius 2 is 1.97 bits per heavy atom. The molecule has 1 amide bonds. The summed E-state index contributed by atoms with van der Waals surface area (Å²) in [5.74, 6) is 1.83. The van der Waals surface area contributed by atoms with Crippen LogP contribution in [0.15, 0.2) is 59.1 Å². The first-order valence-corrected chi connectivity index (χ1v) is 10.9. The minimum absolute atomic E-state index is 0.0188. The van der Waals surface area contributed by atoms with Crippen molar-refractivity contribution in [1.82, 2.24) is 15.8 Å². The molecule has 2 N–H and O–H groups in total. The third kappa shape index (κ3) is 5.73. The molecular weight excluding hydrogens is 409 g/mol. The second-order valence-electron chi connectivity index (χ2n) is 8.24. The van der Waals surface area contributed by atoms with Gasteiger partial charge in [-0.25, -0.2) is 4.39 Å². The standard InChI is InChI=1S/C25H28FN3O3/c1-31-23-8-4-18(5-9-23)24-14-22(29-32-24)12-20-16-27-11-10-19(20)13-25(30)28-15-17-2-6-21(26)7-3-17/h2-9,14,19-20,27H,10-13,15-16H2,1H3,(H,28,30)/t19-,20+/m0/s1. The summed E-state index contributed by atoms with van der Waals surface area (Å²) in [6.45, 7) is 2.16. The van der Waals surface area contributed by atoms with Gasteiger partial charge in [0.1, 0.15) is 11.6 Å². The Kier molecular flexibility index (Phi) is 7.17. The average Bonchev–Trinajstić information content (AvgIpc) is 3.28. The maximum atomic E-state index is 13.0. The Labute approximate surface area is 187 Å². The van der Waals surface area contributed by atoms with Crippen molar-refractivity contribution in [2.75, 3.05) is 20.2 Å². The third-order valence-electron chi connectivity index (χ3n) is 6.02. The van der Waals surface area contributed by atoms with E-state index in [-0.39, 0.29) is 17.6 Å². The molecule has 0 saturated carbocycles. The SMILES string of the molecule is COc1ccc(-c2cc(C[C@@H]3CNCC[C@H]3CC(=O)NCc3ccc(F)cc3)no2)cc1. The molecule has 7 heteroatoms. The lowest BCUT2D eigenvalue weighted by atomic mass is 9.81. The number of benzene rings is 2. The summed E-state index contributed by atoms with van der Waals surface area (Å²) in [5, 5.41) is 10.7. The molecule has 4 rings (SSSR count). The quantitative estimate of drug-likeness (QED) is 0.558. The molecule has 0 spiro atoms. The molecule has 0 bridgehead atoms. The number of carbonyl (C=O) groups is 1. The third-order valence-corrected chi connectivity index (χ3v) is 6.02. The fraction of sp³-hybridized carbons (Fsp3) is 0.360. The number of amides is 1. The van der Waals surface area contributed by atoms with Crippen molar-refractivity contribution in [3.05, 3.63) is 71.7 Å². The minimum Gasteiger partial charge on any atom is -0.497 e. The largest absolute Gasteiger partial charge is 0.497 e. The van der Waals surface area contributed by atoms with E-state index in [2.05, 4.69) is 15.8 Å². The van der Waals surface area contributed by atoms with Crippen LogP contribution in [0.5, 0.6) is 5.75 Å². The van der Waals surface area contributed by atoms with E-state index in [9.17, 15) is 9.18 Å². The van der Waals surface area contributed by atoms with Gasteiger partial charge in [-0.1, -0.05) is 17.3 Å². The van der Waals surface area contributed by atoms with Crippen LogP contribution in [-0.2, 0) is 17.8 Å². The number of rotatable bonds is 8. The molecule has 0 unspecified atom stereocenters. The van der Waals surface area contributed by atoms with E-state index < -0.39 is 0 Å². The van der Waals surface area contributed by atoms with Crippen LogP contribution in [0.4, 0.5) is 4.39 Å². The van der Waals surface area contributed by atoms with Gasteiger partial charge < -0.3 is 19.9 Å². The summed E-state index contributed by atoms with van der Waals surface area (Å²) in [6.07, 6.45) is 2.16. The zero-order valence-corrected chi connectivity index (χ0v) is 18.1. The van der Waals surface area contributed by atoms with Crippen LogP contribution in [0, 0.1) is 17.7 Å². The number of methoxy groups -OCH3 is 1. The Balaban J connectivity index is 1.33. The number of carbonyl (C=O) groups excluding carboxylic acids is 1. The Morgan fingerprint density at radius 1 is 1.19 bits per heavy atom. The molecule has 1 aliphatic heterocycles. The van der Waals surface area contributed by atoms with E-state index in [1.54, 1.807) is 19.2 Å². The van der Waals surface area contributed by atoms with Gasteiger partial charge in [0.2, 0.25) is 5.91 Å². The number of halogens is 1. The van der Waals surface area contributed by atoms with E-state index in [1.807, 2.05) is 30.3 Å². The first-order chi connectivity index (χ1) is 15.6. The number of nitrogens with one attached hydrogen (secondary N) is 2. The summed E-state index contributed by atoms with van der Waals surface area (Å²) in [4.78, 5) is 12.5. The highest BCUT2D eigenvalue weighted by Crippen LogP contribution is 2.28. The number of hydrogen-bond acceptors (Lipinski definition) is 5.